The number of carbonyl (C=O) groups is 1. The fourth-order valence-electron chi connectivity index (χ4n) is 3.92. The number of nitrogens with zero attached hydrogens (tertiary/aromatic N) is 1. The summed E-state index contributed by atoms with van der Waals surface area (Å²) in [5, 5.41) is 1.13. The lowest BCUT2D eigenvalue weighted by Gasteiger charge is -2.31. The third-order valence-corrected chi connectivity index (χ3v) is 5.45. The Morgan fingerprint density at radius 2 is 1.85 bits per heavy atom. The number of rotatable bonds is 4. The lowest BCUT2D eigenvalue weighted by molar-refractivity contribution is 0.0656. The average Bonchev–Trinajstić information content (AvgIpc) is 3.11. The molecule has 0 bridgehead atoms. The van der Waals surface area contributed by atoms with Crippen LogP contribution in [-0.4, -0.2) is 35.5 Å². The number of nitrogens with one attached hydrogen (secondary N) is 1. The molecule has 1 aliphatic heterocycles. The molecular weight excluding hydrogens is 336 g/mol. The Balaban J connectivity index is 1.36. The number of ether oxygens (including phenoxy) is 1. The molecule has 1 aliphatic rings. The fourth-order valence-corrected chi connectivity index (χ4v) is 3.92. The zero-order chi connectivity index (χ0) is 18.8. The summed E-state index contributed by atoms with van der Waals surface area (Å²) < 4.78 is 5.88. The number of hydrogen-bond acceptors (Lipinski definition) is 2. The summed E-state index contributed by atoms with van der Waals surface area (Å²) in [6.07, 6.45) is 1.97. The number of benzene rings is 2. The molecule has 1 aromatic heterocycles. The Morgan fingerprint density at radius 3 is 2.59 bits per heavy atom. The van der Waals surface area contributed by atoms with E-state index in [1.54, 1.807) is 0 Å². The largest absolute Gasteiger partial charge is 0.493 e. The first-order valence-electron chi connectivity index (χ1n) is 9.67. The van der Waals surface area contributed by atoms with Crippen molar-refractivity contribution in [1.82, 2.24) is 9.88 Å². The summed E-state index contributed by atoms with van der Waals surface area (Å²) in [5.41, 5.74) is 4.15. The van der Waals surface area contributed by atoms with Gasteiger partial charge in [-0.05, 0) is 68.0 Å². The summed E-state index contributed by atoms with van der Waals surface area (Å²) in [7, 11) is 0. The maximum Gasteiger partial charge on any atom is 0.270 e. The van der Waals surface area contributed by atoms with Crippen LogP contribution in [0.25, 0.3) is 10.9 Å². The first kappa shape index (κ1) is 17.7. The number of likely N-dealkylation sites (tertiary alicyclic amines) is 1. The number of H-pyrrole nitrogens is 1. The van der Waals surface area contributed by atoms with E-state index in [1.807, 2.05) is 41.3 Å². The van der Waals surface area contributed by atoms with Crippen molar-refractivity contribution in [2.75, 3.05) is 19.7 Å². The van der Waals surface area contributed by atoms with Crippen LogP contribution in [0.5, 0.6) is 5.75 Å². The van der Waals surface area contributed by atoms with Gasteiger partial charge in [0.25, 0.3) is 5.91 Å². The molecule has 2 aromatic carbocycles. The zero-order valence-corrected chi connectivity index (χ0v) is 16.0. The second kappa shape index (κ2) is 7.47. The summed E-state index contributed by atoms with van der Waals surface area (Å²) in [5.74, 6) is 1.52. The van der Waals surface area contributed by atoms with Crippen molar-refractivity contribution < 1.29 is 9.53 Å². The summed E-state index contributed by atoms with van der Waals surface area (Å²) in [6, 6.07) is 16.2. The minimum Gasteiger partial charge on any atom is -0.493 e. The van der Waals surface area contributed by atoms with Crippen molar-refractivity contribution in [3.8, 4) is 5.75 Å². The second-order valence-electron chi connectivity index (χ2n) is 7.59. The van der Waals surface area contributed by atoms with Crippen molar-refractivity contribution >= 4 is 16.8 Å². The molecule has 4 nitrogen and oxygen atoms in total. The van der Waals surface area contributed by atoms with Crippen molar-refractivity contribution in [3.63, 3.8) is 0 Å². The molecule has 1 fully saturated rings. The monoisotopic (exact) mass is 362 g/mol. The molecule has 0 saturated carbocycles. The Bertz CT molecular complexity index is 938. The number of fused-ring (bicyclic) bond motifs is 1. The second-order valence-corrected chi connectivity index (χ2v) is 7.59. The van der Waals surface area contributed by atoms with E-state index in [4.69, 9.17) is 4.74 Å². The molecular formula is C23H26N2O2. The highest BCUT2D eigenvalue weighted by Crippen LogP contribution is 2.24. The third-order valence-electron chi connectivity index (χ3n) is 5.45. The van der Waals surface area contributed by atoms with Gasteiger partial charge in [-0.15, -0.1) is 0 Å². The molecule has 1 saturated heterocycles. The van der Waals surface area contributed by atoms with Crippen LogP contribution in [0.1, 0.15) is 34.5 Å². The number of hydrogen-bond donors (Lipinski definition) is 1. The maximum absolute atomic E-state index is 12.9. The van der Waals surface area contributed by atoms with Crippen molar-refractivity contribution in [2.45, 2.75) is 26.7 Å². The van der Waals surface area contributed by atoms with Gasteiger partial charge in [0.05, 0.1) is 6.61 Å². The first-order valence-corrected chi connectivity index (χ1v) is 9.67. The van der Waals surface area contributed by atoms with Crippen LogP contribution >= 0.6 is 0 Å². The van der Waals surface area contributed by atoms with Gasteiger partial charge in [0.1, 0.15) is 11.4 Å². The van der Waals surface area contributed by atoms with E-state index in [2.05, 4.69) is 31.0 Å². The molecule has 140 valence electrons. The Labute approximate surface area is 160 Å². The van der Waals surface area contributed by atoms with E-state index in [9.17, 15) is 4.79 Å². The summed E-state index contributed by atoms with van der Waals surface area (Å²) in [4.78, 5) is 18.2. The lowest BCUT2D eigenvalue weighted by Crippen LogP contribution is -2.39. The molecule has 3 aromatic rings. The minimum absolute atomic E-state index is 0.102. The van der Waals surface area contributed by atoms with Gasteiger partial charge < -0.3 is 14.6 Å². The van der Waals surface area contributed by atoms with E-state index in [-0.39, 0.29) is 5.91 Å². The molecule has 0 radical (unpaired) electrons. The number of aryl methyl sites for hydroxylation is 2. The highest BCUT2D eigenvalue weighted by molar-refractivity contribution is 5.99. The van der Waals surface area contributed by atoms with Gasteiger partial charge >= 0.3 is 0 Å². The van der Waals surface area contributed by atoms with Crippen LogP contribution in [0.2, 0.25) is 0 Å². The average molecular weight is 362 g/mol. The summed E-state index contributed by atoms with van der Waals surface area (Å²) in [6.45, 7) is 6.47. The number of aromatic nitrogens is 1. The van der Waals surface area contributed by atoms with Gasteiger partial charge in [-0.3, -0.25) is 4.79 Å². The van der Waals surface area contributed by atoms with Gasteiger partial charge in [0.15, 0.2) is 0 Å². The Kier molecular flexibility index (Phi) is 4.88. The molecule has 0 unspecified atom stereocenters. The molecule has 0 atom stereocenters. The van der Waals surface area contributed by atoms with Crippen LogP contribution in [-0.2, 0) is 0 Å². The SMILES string of the molecule is Cc1cc(C)c2cc(C(=O)N3CCC(COc4ccccc4)CC3)[nH]c2c1. The third kappa shape index (κ3) is 3.85. The quantitative estimate of drug-likeness (QED) is 0.730. The summed E-state index contributed by atoms with van der Waals surface area (Å²) >= 11 is 0. The minimum atomic E-state index is 0.102. The first-order chi connectivity index (χ1) is 13.1. The van der Waals surface area contributed by atoms with Crippen molar-refractivity contribution in [3.05, 3.63) is 65.4 Å². The van der Waals surface area contributed by atoms with Gasteiger partial charge in [-0.1, -0.05) is 24.3 Å². The smallest absolute Gasteiger partial charge is 0.270 e. The molecule has 4 rings (SSSR count). The zero-order valence-electron chi connectivity index (χ0n) is 16.0. The fraction of sp³-hybridized carbons (Fsp3) is 0.348. The van der Waals surface area contributed by atoms with E-state index in [0.717, 1.165) is 49.2 Å². The number of amides is 1. The molecule has 4 heteroatoms. The molecule has 0 aliphatic carbocycles. The topological polar surface area (TPSA) is 45.3 Å². The van der Waals surface area contributed by atoms with E-state index in [0.29, 0.717) is 11.6 Å². The van der Waals surface area contributed by atoms with Crippen LogP contribution in [0, 0.1) is 19.8 Å². The van der Waals surface area contributed by atoms with Gasteiger partial charge in [-0.2, -0.15) is 0 Å². The standard InChI is InChI=1S/C23H26N2O2/c1-16-12-17(2)20-14-22(24-21(20)13-16)23(26)25-10-8-18(9-11-25)15-27-19-6-4-3-5-7-19/h3-7,12-14,18,24H,8-11,15H2,1-2H3. The van der Waals surface area contributed by atoms with Gasteiger partial charge in [-0.25, -0.2) is 0 Å². The van der Waals surface area contributed by atoms with Crippen molar-refractivity contribution in [2.24, 2.45) is 5.92 Å². The Morgan fingerprint density at radius 1 is 1.11 bits per heavy atom. The normalized spacial score (nSPS) is 15.3. The highest BCUT2D eigenvalue weighted by Gasteiger charge is 2.25. The molecule has 1 amide bonds. The van der Waals surface area contributed by atoms with Crippen LogP contribution in [0.15, 0.2) is 48.5 Å². The number of aromatic amines is 1. The van der Waals surface area contributed by atoms with E-state index >= 15 is 0 Å². The number of piperidine rings is 1. The Hall–Kier alpha value is -2.75. The predicted octanol–water partition coefficient (Wildman–Crippen LogP) is 4.72. The van der Waals surface area contributed by atoms with Gasteiger partial charge in [0.2, 0.25) is 0 Å². The van der Waals surface area contributed by atoms with Crippen LogP contribution in [0.3, 0.4) is 0 Å². The van der Waals surface area contributed by atoms with E-state index in [1.165, 1.54) is 11.1 Å². The lowest BCUT2D eigenvalue weighted by atomic mass is 9.97. The number of para-hydroxylation sites is 1. The molecule has 1 N–H and O–H groups in total. The van der Waals surface area contributed by atoms with Crippen LogP contribution in [0.4, 0.5) is 0 Å². The van der Waals surface area contributed by atoms with Gasteiger partial charge in [0, 0.05) is 24.0 Å². The number of carbonyl (C=O) groups excluding carboxylic acids is 1. The highest BCUT2D eigenvalue weighted by atomic mass is 16.5. The maximum atomic E-state index is 12.9. The predicted molar refractivity (Wildman–Crippen MR) is 108 cm³/mol. The molecule has 0 spiro atoms. The molecule has 2 heterocycles. The van der Waals surface area contributed by atoms with Crippen molar-refractivity contribution in [1.29, 1.82) is 0 Å². The van der Waals surface area contributed by atoms with E-state index < -0.39 is 0 Å². The van der Waals surface area contributed by atoms with Crippen LogP contribution < -0.4 is 4.74 Å². The molecule has 27 heavy (non-hydrogen) atoms.